The number of carbonyl (C=O) groups is 2. The molecule has 198 valence electrons. The van der Waals surface area contributed by atoms with Gasteiger partial charge in [0.1, 0.15) is 23.0 Å². The summed E-state index contributed by atoms with van der Waals surface area (Å²) in [5, 5.41) is 11.6. The highest BCUT2D eigenvalue weighted by atomic mass is 16.5. The van der Waals surface area contributed by atoms with Crippen LogP contribution in [0.3, 0.4) is 0 Å². The van der Waals surface area contributed by atoms with E-state index in [4.69, 9.17) is 14.2 Å². The van der Waals surface area contributed by atoms with Crippen LogP contribution in [0.25, 0.3) is 5.76 Å². The molecule has 0 aromatic heterocycles. The Morgan fingerprint density at radius 2 is 1.45 bits per heavy atom. The molecule has 3 aromatic rings. The van der Waals surface area contributed by atoms with Crippen LogP contribution < -0.4 is 24.0 Å². The highest BCUT2D eigenvalue weighted by Crippen LogP contribution is 2.44. The molecule has 1 fully saturated rings. The molecule has 1 unspecified atom stereocenters. The predicted octanol–water partition coefficient (Wildman–Crippen LogP) is 5.18. The van der Waals surface area contributed by atoms with Gasteiger partial charge in [-0.1, -0.05) is 12.1 Å². The van der Waals surface area contributed by atoms with Crippen LogP contribution in [-0.4, -0.2) is 51.2 Å². The number of ketones is 1. The third kappa shape index (κ3) is 4.77. The van der Waals surface area contributed by atoms with Crippen LogP contribution >= 0.6 is 0 Å². The lowest BCUT2D eigenvalue weighted by molar-refractivity contribution is -0.132. The van der Waals surface area contributed by atoms with E-state index in [1.54, 1.807) is 49.6 Å². The van der Waals surface area contributed by atoms with Crippen molar-refractivity contribution in [3.05, 3.63) is 83.4 Å². The van der Waals surface area contributed by atoms with Gasteiger partial charge in [0.05, 0.1) is 38.5 Å². The Morgan fingerprint density at radius 3 is 2.00 bits per heavy atom. The highest BCUT2D eigenvalue weighted by molar-refractivity contribution is 6.51. The topological polar surface area (TPSA) is 88.5 Å². The van der Waals surface area contributed by atoms with Crippen molar-refractivity contribution in [1.29, 1.82) is 0 Å². The summed E-state index contributed by atoms with van der Waals surface area (Å²) < 4.78 is 16.0. The molecule has 1 amide bonds. The van der Waals surface area contributed by atoms with Gasteiger partial charge in [-0.3, -0.25) is 14.5 Å². The second kappa shape index (κ2) is 11.3. The van der Waals surface area contributed by atoms with Gasteiger partial charge in [0.25, 0.3) is 11.7 Å². The number of hydrogen-bond donors (Lipinski definition) is 1. The molecule has 1 aliphatic rings. The van der Waals surface area contributed by atoms with Crippen molar-refractivity contribution >= 4 is 28.8 Å². The van der Waals surface area contributed by atoms with Gasteiger partial charge < -0.3 is 24.2 Å². The molecular weight excluding hydrogens is 484 g/mol. The lowest BCUT2D eigenvalue weighted by atomic mass is 9.94. The van der Waals surface area contributed by atoms with Gasteiger partial charge in [0.2, 0.25) is 0 Å². The zero-order chi connectivity index (χ0) is 27.4. The van der Waals surface area contributed by atoms with Crippen LogP contribution in [0.4, 0.5) is 11.4 Å². The molecule has 1 saturated heterocycles. The first kappa shape index (κ1) is 26.6. The molecular formula is C30H32N2O6. The minimum Gasteiger partial charge on any atom is -0.507 e. The molecule has 0 radical (unpaired) electrons. The molecule has 0 saturated carbocycles. The second-order valence-corrected chi connectivity index (χ2v) is 8.70. The van der Waals surface area contributed by atoms with Gasteiger partial charge in [-0.15, -0.1) is 0 Å². The van der Waals surface area contributed by atoms with Crippen molar-refractivity contribution in [3.8, 4) is 17.2 Å². The number of aliphatic hydroxyl groups excluding tert-OH is 1. The fourth-order valence-corrected chi connectivity index (χ4v) is 4.76. The molecule has 1 aliphatic heterocycles. The summed E-state index contributed by atoms with van der Waals surface area (Å²) >= 11 is 0. The zero-order valence-electron chi connectivity index (χ0n) is 22.2. The smallest absolute Gasteiger partial charge is 0.300 e. The lowest BCUT2D eigenvalue weighted by Crippen LogP contribution is -2.29. The summed E-state index contributed by atoms with van der Waals surface area (Å²) in [5.41, 5.74) is 2.42. The van der Waals surface area contributed by atoms with Crippen molar-refractivity contribution in [2.24, 2.45) is 0 Å². The van der Waals surface area contributed by atoms with Gasteiger partial charge in [-0.05, 0) is 74.0 Å². The Balaban J connectivity index is 1.93. The maximum Gasteiger partial charge on any atom is 0.300 e. The van der Waals surface area contributed by atoms with Crippen molar-refractivity contribution in [1.82, 2.24) is 0 Å². The highest BCUT2D eigenvalue weighted by Gasteiger charge is 2.47. The van der Waals surface area contributed by atoms with Crippen molar-refractivity contribution in [2.75, 3.05) is 44.2 Å². The number of aliphatic hydroxyl groups is 1. The number of benzene rings is 3. The Bertz CT molecular complexity index is 1340. The third-order valence-electron chi connectivity index (χ3n) is 6.79. The van der Waals surface area contributed by atoms with Crippen LogP contribution in [0.1, 0.15) is 31.0 Å². The first-order chi connectivity index (χ1) is 18.4. The lowest BCUT2D eigenvalue weighted by Gasteiger charge is -2.27. The molecule has 1 N–H and O–H groups in total. The summed E-state index contributed by atoms with van der Waals surface area (Å²) in [5.74, 6) is -0.441. The summed E-state index contributed by atoms with van der Waals surface area (Å²) in [6.45, 7) is 5.85. The van der Waals surface area contributed by atoms with Crippen molar-refractivity contribution in [3.63, 3.8) is 0 Å². The number of nitrogens with zero attached hydrogens (tertiary/aromatic N) is 2. The number of ether oxygens (including phenoxy) is 3. The Morgan fingerprint density at radius 1 is 0.842 bits per heavy atom. The van der Waals surface area contributed by atoms with E-state index in [2.05, 4.69) is 18.7 Å². The number of Topliss-reactive ketones (excluding diaryl/α,β-unsaturated/α-hetero) is 1. The van der Waals surface area contributed by atoms with Gasteiger partial charge >= 0.3 is 0 Å². The van der Waals surface area contributed by atoms with E-state index in [0.29, 0.717) is 28.5 Å². The predicted molar refractivity (Wildman–Crippen MR) is 147 cm³/mol. The monoisotopic (exact) mass is 516 g/mol. The minimum absolute atomic E-state index is 0.0343. The van der Waals surface area contributed by atoms with Crippen LogP contribution in [-0.2, 0) is 9.59 Å². The van der Waals surface area contributed by atoms with E-state index >= 15 is 0 Å². The molecule has 0 spiro atoms. The zero-order valence-corrected chi connectivity index (χ0v) is 22.2. The molecule has 0 bridgehead atoms. The van der Waals surface area contributed by atoms with Crippen molar-refractivity contribution < 1.29 is 28.9 Å². The van der Waals surface area contributed by atoms with Gasteiger partial charge in [0, 0.05) is 24.5 Å². The fraction of sp³-hybridized carbons (Fsp3) is 0.267. The molecule has 4 rings (SSSR count). The van der Waals surface area contributed by atoms with Gasteiger partial charge in [-0.2, -0.15) is 0 Å². The second-order valence-electron chi connectivity index (χ2n) is 8.70. The van der Waals surface area contributed by atoms with Crippen LogP contribution in [0, 0.1) is 0 Å². The van der Waals surface area contributed by atoms with Gasteiger partial charge in [0.15, 0.2) is 0 Å². The van der Waals surface area contributed by atoms with E-state index in [-0.39, 0.29) is 16.9 Å². The normalized spacial score (nSPS) is 16.4. The first-order valence-corrected chi connectivity index (χ1v) is 12.4. The van der Waals surface area contributed by atoms with Crippen LogP contribution in [0.2, 0.25) is 0 Å². The summed E-state index contributed by atoms with van der Waals surface area (Å²) in [7, 11) is 4.53. The number of rotatable bonds is 9. The Hall–Kier alpha value is -4.46. The Kier molecular flexibility index (Phi) is 7.90. The van der Waals surface area contributed by atoms with E-state index in [9.17, 15) is 14.7 Å². The SMILES string of the molecule is CCN(CC)c1ccc(C2/C(=C(\O)c3cc(OC)ccc3OC)C(=O)C(=O)N2c2ccc(OC)cc2)cc1. The summed E-state index contributed by atoms with van der Waals surface area (Å²) in [4.78, 5) is 30.6. The van der Waals surface area contributed by atoms with Crippen LogP contribution in [0.15, 0.2) is 72.3 Å². The molecule has 0 aliphatic carbocycles. The maximum atomic E-state index is 13.5. The standard InChI is InChI=1S/C30H32N2O6/c1-6-31(7-2)20-10-8-19(9-11-20)27-26(28(33)24-18-23(37-4)16-17-25(24)38-5)29(34)30(35)32(27)21-12-14-22(36-3)15-13-21/h8-18,27,33H,6-7H2,1-5H3/b28-26+. The molecule has 8 heteroatoms. The molecule has 38 heavy (non-hydrogen) atoms. The molecule has 8 nitrogen and oxygen atoms in total. The summed E-state index contributed by atoms with van der Waals surface area (Å²) in [6.07, 6.45) is 0. The summed E-state index contributed by atoms with van der Waals surface area (Å²) in [6, 6.07) is 18.6. The molecule has 1 heterocycles. The number of methoxy groups -OCH3 is 3. The maximum absolute atomic E-state index is 13.5. The quantitative estimate of drug-likeness (QED) is 0.238. The Labute approximate surface area is 222 Å². The van der Waals surface area contributed by atoms with Crippen molar-refractivity contribution in [2.45, 2.75) is 19.9 Å². The molecule has 1 atom stereocenters. The average Bonchev–Trinajstić information content (AvgIpc) is 3.23. The average molecular weight is 517 g/mol. The molecule has 3 aromatic carbocycles. The van der Waals surface area contributed by atoms with Gasteiger partial charge in [-0.25, -0.2) is 0 Å². The van der Waals surface area contributed by atoms with E-state index in [1.165, 1.54) is 19.1 Å². The third-order valence-corrected chi connectivity index (χ3v) is 6.79. The number of amides is 1. The van der Waals surface area contributed by atoms with E-state index in [1.807, 2.05) is 24.3 Å². The van der Waals surface area contributed by atoms with E-state index in [0.717, 1.165) is 18.8 Å². The number of hydrogen-bond acceptors (Lipinski definition) is 7. The number of carbonyl (C=O) groups excluding carboxylic acids is 2. The number of anilines is 2. The first-order valence-electron chi connectivity index (χ1n) is 12.4. The fourth-order valence-electron chi connectivity index (χ4n) is 4.76. The van der Waals surface area contributed by atoms with E-state index < -0.39 is 17.7 Å². The minimum atomic E-state index is -0.870. The van der Waals surface area contributed by atoms with Crippen LogP contribution in [0.5, 0.6) is 17.2 Å². The largest absolute Gasteiger partial charge is 0.507 e.